The molecular weight excluding hydrogens is 961 g/mol. The quantitative estimate of drug-likeness (QED) is 0.0261. The second kappa shape index (κ2) is 66.4. The van der Waals surface area contributed by atoms with E-state index < -0.39 is 6.10 Å². The third-order valence-electron chi connectivity index (χ3n) is 14.9. The van der Waals surface area contributed by atoms with Crippen molar-refractivity contribution in [3.63, 3.8) is 0 Å². The fourth-order valence-electron chi connectivity index (χ4n) is 9.86. The molecule has 0 spiro atoms. The zero-order valence-electron chi connectivity index (χ0n) is 51.9. The van der Waals surface area contributed by atoms with E-state index >= 15 is 0 Å². The Balaban J connectivity index is 4.24. The molecule has 0 fully saturated rings. The van der Waals surface area contributed by atoms with Crippen LogP contribution in [0.2, 0.25) is 0 Å². The molecule has 0 radical (unpaired) electrons. The van der Waals surface area contributed by atoms with E-state index in [1.807, 2.05) is 6.08 Å². The van der Waals surface area contributed by atoms with Gasteiger partial charge >= 0.3 is 17.9 Å². The summed E-state index contributed by atoms with van der Waals surface area (Å²) in [5.74, 6) is -0.970. The Kier molecular flexibility index (Phi) is 63.7. The van der Waals surface area contributed by atoms with Crippen LogP contribution in [0.5, 0.6) is 0 Å². The normalized spacial score (nSPS) is 12.5. The Morgan fingerprint density at radius 3 is 0.859 bits per heavy atom. The number of unbranched alkanes of at least 4 members (excludes halogenated alkanes) is 39. The summed E-state index contributed by atoms with van der Waals surface area (Å²) in [6, 6.07) is 0. The molecule has 0 aromatic carbocycles. The predicted molar refractivity (Wildman–Crippen MR) is 339 cm³/mol. The van der Waals surface area contributed by atoms with Gasteiger partial charge in [-0.1, -0.05) is 306 Å². The summed E-state index contributed by atoms with van der Waals surface area (Å²) in [5, 5.41) is 0. The van der Waals surface area contributed by atoms with Crippen LogP contribution in [0, 0.1) is 0 Å². The molecule has 0 heterocycles. The maximum absolute atomic E-state index is 12.9. The summed E-state index contributed by atoms with van der Waals surface area (Å²) in [6.45, 7) is 6.50. The minimum absolute atomic E-state index is 0.0965. The van der Waals surface area contributed by atoms with Crippen molar-refractivity contribution in [1.29, 1.82) is 0 Å². The van der Waals surface area contributed by atoms with Crippen molar-refractivity contribution in [1.82, 2.24) is 0 Å². The summed E-state index contributed by atoms with van der Waals surface area (Å²) in [4.78, 5) is 38.3. The van der Waals surface area contributed by atoms with Crippen LogP contribution >= 0.6 is 0 Å². The van der Waals surface area contributed by atoms with Gasteiger partial charge in [0.15, 0.2) is 6.10 Å². The molecule has 78 heavy (non-hydrogen) atoms. The minimum atomic E-state index is -0.806. The lowest BCUT2D eigenvalue weighted by atomic mass is 10.0. The van der Waals surface area contributed by atoms with Gasteiger partial charge in [0.05, 0.1) is 0 Å². The van der Waals surface area contributed by atoms with Gasteiger partial charge in [0.25, 0.3) is 0 Å². The summed E-state index contributed by atoms with van der Waals surface area (Å²) in [5.41, 5.74) is 0. The smallest absolute Gasteiger partial charge is 0.306 e. The molecule has 0 aromatic heterocycles. The molecule has 1 atom stereocenters. The highest BCUT2D eigenvalue weighted by Gasteiger charge is 2.19. The average molecular weight is 1090 g/mol. The summed E-state index contributed by atoms with van der Waals surface area (Å²) in [7, 11) is 0. The van der Waals surface area contributed by atoms with Gasteiger partial charge in [-0.05, 0) is 96.3 Å². The molecule has 0 bridgehead atoms. The third kappa shape index (κ3) is 63.7. The van der Waals surface area contributed by atoms with Gasteiger partial charge in [-0.2, -0.15) is 0 Å². The molecule has 0 saturated carbocycles. The molecule has 0 aliphatic heterocycles. The van der Waals surface area contributed by atoms with Gasteiger partial charge in [0.2, 0.25) is 0 Å². The molecule has 0 aromatic rings. The van der Waals surface area contributed by atoms with E-state index in [1.165, 1.54) is 238 Å². The number of carbonyl (C=O) groups excluding carboxylic acids is 3. The molecule has 0 aliphatic rings. The Bertz CT molecular complexity index is 1440. The van der Waals surface area contributed by atoms with E-state index in [9.17, 15) is 14.4 Å². The van der Waals surface area contributed by atoms with Crippen molar-refractivity contribution in [2.45, 2.75) is 354 Å². The van der Waals surface area contributed by atoms with Gasteiger partial charge in [-0.15, -0.1) is 0 Å². The Labute approximate surface area is 484 Å². The first-order valence-electron chi connectivity index (χ1n) is 33.9. The number of esters is 3. The van der Waals surface area contributed by atoms with E-state index in [4.69, 9.17) is 14.2 Å². The lowest BCUT2D eigenvalue weighted by molar-refractivity contribution is -0.166. The Morgan fingerprint density at radius 1 is 0.269 bits per heavy atom. The average Bonchev–Trinajstić information content (AvgIpc) is 3.44. The van der Waals surface area contributed by atoms with Crippen LogP contribution in [0.1, 0.15) is 348 Å². The van der Waals surface area contributed by atoms with Gasteiger partial charge in [-0.3, -0.25) is 14.4 Å². The van der Waals surface area contributed by atoms with E-state index in [1.54, 1.807) is 0 Å². The van der Waals surface area contributed by atoms with Gasteiger partial charge < -0.3 is 14.2 Å². The van der Waals surface area contributed by atoms with E-state index in [2.05, 4.69) is 87.6 Å². The number of rotatable bonds is 62. The Morgan fingerprint density at radius 2 is 0.526 bits per heavy atom. The van der Waals surface area contributed by atoms with Crippen molar-refractivity contribution in [2.75, 3.05) is 13.2 Å². The third-order valence-corrected chi connectivity index (χ3v) is 14.9. The van der Waals surface area contributed by atoms with Crippen LogP contribution in [0.4, 0.5) is 0 Å². The van der Waals surface area contributed by atoms with Crippen molar-refractivity contribution in [2.24, 2.45) is 0 Å². The molecule has 0 rings (SSSR count). The van der Waals surface area contributed by atoms with Crippen molar-refractivity contribution in [3.05, 3.63) is 72.9 Å². The molecule has 1 unspecified atom stereocenters. The van der Waals surface area contributed by atoms with E-state index in [-0.39, 0.29) is 37.5 Å². The first-order valence-corrected chi connectivity index (χ1v) is 33.9. The largest absolute Gasteiger partial charge is 0.462 e. The number of carbonyl (C=O) groups is 3. The van der Waals surface area contributed by atoms with Gasteiger partial charge in [0, 0.05) is 19.3 Å². The van der Waals surface area contributed by atoms with E-state index in [0.717, 1.165) is 64.2 Å². The minimum Gasteiger partial charge on any atom is -0.462 e. The topological polar surface area (TPSA) is 78.9 Å². The number of hydrogen-bond donors (Lipinski definition) is 0. The van der Waals surface area contributed by atoms with Crippen LogP contribution in [0.25, 0.3) is 0 Å². The first-order chi connectivity index (χ1) is 38.5. The molecule has 452 valence electrons. The van der Waals surface area contributed by atoms with Crippen LogP contribution in [0.3, 0.4) is 0 Å². The Hall–Kier alpha value is -3.15. The van der Waals surface area contributed by atoms with Crippen LogP contribution in [0.15, 0.2) is 72.9 Å². The standard InChI is InChI=1S/C72H128O6/c1-4-7-10-13-16-19-22-25-27-29-31-32-33-34-35-36-37-38-39-40-41-43-44-47-50-53-56-59-62-65-71(74)77-68-69(67-76-70(73)64-61-58-55-52-49-46-24-21-18-15-12-9-6-3)78-72(75)66-63-60-57-54-51-48-45-42-30-28-26-23-20-17-14-11-8-5-2/h9,12,18,21,28-31,46,49,55,58,69H,4-8,10-11,13-17,19-20,22-27,32-45,47-48,50-54,56-57,59-68H2,1-3H3/b12-9-,21-18-,30-28-,31-29-,49-46-,58-55-. The molecule has 0 aliphatic carbocycles. The highest BCUT2D eigenvalue weighted by molar-refractivity contribution is 5.71. The molecule has 0 saturated heterocycles. The lowest BCUT2D eigenvalue weighted by Crippen LogP contribution is -2.30. The molecular formula is C72H128O6. The van der Waals surface area contributed by atoms with Gasteiger partial charge in [0.1, 0.15) is 13.2 Å². The number of ether oxygens (including phenoxy) is 3. The van der Waals surface area contributed by atoms with Crippen LogP contribution < -0.4 is 0 Å². The summed E-state index contributed by atoms with van der Waals surface area (Å²) in [6.07, 6.45) is 86.7. The molecule has 6 nitrogen and oxygen atoms in total. The zero-order valence-corrected chi connectivity index (χ0v) is 51.9. The van der Waals surface area contributed by atoms with Crippen molar-refractivity contribution >= 4 is 17.9 Å². The predicted octanol–water partition coefficient (Wildman–Crippen LogP) is 23.3. The highest BCUT2D eigenvalue weighted by Crippen LogP contribution is 2.17. The first kappa shape index (κ1) is 74.8. The summed E-state index contributed by atoms with van der Waals surface area (Å²) < 4.78 is 16.9. The zero-order chi connectivity index (χ0) is 56.4. The molecule has 0 N–H and O–H groups in total. The maximum atomic E-state index is 12.9. The van der Waals surface area contributed by atoms with E-state index in [0.29, 0.717) is 19.3 Å². The highest BCUT2D eigenvalue weighted by atomic mass is 16.6. The fourth-order valence-corrected chi connectivity index (χ4v) is 9.86. The summed E-state index contributed by atoms with van der Waals surface area (Å²) >= 11 is 0. The SMILES string of the molecule is CC/C=C\C/C=C\C/C=C\C/C=C\CCC(=O)OCC(COC(=O)CCCCCCCCCCCCCCCCCCC/C=C\CCCCCCCCCC)OC(=O)CCCCCCCCC/C=C\CCCCCCCCC. The fraction of sp³-hybridized carbons (Fsp3) is 0.792. The second-order valence-corrected chi connectivity index (χ2v) is 22.7. The lowest BCUT2D eigenvalue weighted by Gasteiger charge is -2.18. The van der Waals surface area contributed by atoms with Crippen molar-refractivity contribution in [3.8, 4) is 0 Å². The second-order valence-electron chi connectivity index (χ2n) is 22.7. The van der Waals surface area contributed by atoms with Gasteiger partial charge in [-0.25, -0.2) is 0 Å². The molecule has 6 heteroatoms. The van der Waals surface area contributed by atoms with Crippen molar-refractivity contribution < 1.29 is 28.6 Å². The maximum Gasteiger partial charge on any atom is 0.306 e. The number of allylic oxidation sites excluding steroid dienone is 12. The van der Waals surface area contributed by atoms with Crippen LogP contribution in [-0.4, -0.2) is 37.2 Å². The molecule has 0 amide bonds. The van der Waals surface area contributed by atoms with Crippen LogP contribution in [-0.2, 0) is 28.6 Å². The monoisotopic (exact) mass is 1090 g/mol. The number of hydrogen-bond acceptors (Lipinski definition) is 6.